The topological polar surface area (TPSA) is 55.6 Å². The Hall–Kier alpha value is -1.39. The highest BCUT2D eigenvalue weighted by atomic mass is 16.5. The van der Waals surface area contributed by atoms with Crippen molar-refractivity contribution in [3.05, 3.63) is 35.9 Å². The zero-order chi connectivity index (χ0) is 12.8. The molecule has 1 aliphatic heterocycles. The van der Waals surface area contributed by atoms with Gasteiger partial charge in [-0.1, -0.05) is 30.3 Å². The second kappa shape index (κ2) is 6.52. The lowest BCUT2D eigenvalue weighted by atomic mass is 10.1. The molecule has 1 unspecified atom stereocenters. The molecule has 1 aromatic rings. The molecule has 0 spiro atoms. The molecule has 98 valence electrons. The van der Waals surface area contributed by atoms with Gasteiger partial charge >= 0.3 is 0 Å². The second-order valence-corrected chi connectivity index (χ2v) is 4.60. The SMILES string of the molecule is NCC1CN(CCCc2ccccc2)C(=O)CO1. The van der Waals surface area contributed by atoms with Crippen LogP contribution in [0.3, 0.4) is 0 Å². The van der Waals surface area contributed by atoms with Crippen molar-refractivity contribution in [3.8, 4) is 0 Å². The molecule has 0 saturated carbocycles. The number of benzene rings is 1. The number of hydrogen-bond acceptors (Lipinski definition) is 3. The first-order valence-corrected chi connectivity index (χ1v) is 6.43. The van der Waals surface area contributed by atoms with E-state index in [1.807, 2.05) is 23.1 Å². The minimum absolute atomic E-state index is 0.000532. The zero-order valence-corrected chi connectivity index (χ0v) is 10.5. The monoisotopic (exact) mass is 248 g/mol. The number of hydrogen-bond donors (Lipinski definition) is 1. The molecule has 1 fully saturated rings. The normalized spacial score (nSPS) is 20.2. The standard InChI is InChI=1S/C14H20N2O2/c15-9-13-10-16(14(17)11-18-13)8-4-7-12-5-2-1-3-6-12/h1-3,5-6,13H,4,7-11,15H2. The molecule has 4 nitrogen and oxygen atoms in total. The first-order valence-electron chi connectivity index (χ1n) is 6.43. The van der Waals surface area contributed by atoms with E-state index in [1.54, 1.807) is 0 Å². The van der Waals surface area contributed by atoms with Gasteiger partial charge in [0.05, 0.1) is 6.10 Å². The molecule has 0 bridgehead atoms. The number of aryl methyl sites for hydroxylation is 1. The number of nitrogens with two attached hydrogens (primary N) is 1. The number of carbonyl (C=O) groups excluding carboxylic acids is 1. The van der Waals surface area contributed by atoms with Crippen LogP contribution in [0.1, 0.15) is 12.0 Å². The van der Waals surface area contributed by atoms with Gasteiger partial charge in [0, 0.05) is 19.6 Å². The molecule has 18 heavy (non-hydrogen) atoms. The first-order chi connectivity index (χ1) is 8.79. The Balaban J connectivity index is 1.77. The third kappa shape index (κ3) is 3.55. The van der Waals surface area contributed by atoms with E-state index in [4.69, 9.17) is 10.5 Å². The van der Waals surface area contributed by atoms with E-state index in [0.29, 0.717) is 13.1 Å². The summed E-state index contributed by atoms with van der Waals surface area (Å²) in [6, 6.07) is 10.3. The smallest absolute Gasteiger partial charge is 0.248 e. The lowest BCUT2D eigenvalue weighted by Crippen LogP contribution is -2.49. The van der Waals surface area contributed by atoms with Gasteiger partial charge in [0.1, 0.15) is 6.61 Å². The summed E-state index contributed by atoms with van der Waals surface area (Å²) in [5.41, 5.74) is 6.88. The molecule has 1 aliphatic rings. The van der Waals surface area contributed by atoms with Crippen LogP contribution in [0, 0.1) is 0 Å². The maximum atomic E-state index is 11.7. The highest BCUT2D eigenvalue weighted by Gasteiger charge is 2.24. The molecule has 1 heterocycles. The number of amides is 1. The van der Waals surface area contributed by atoms with Crippen LogP contribution in [0.5, 0.6) is 0 Å². The maximum absolute atomic E-state index is 11.7. The lowest BCUT2D eigenvalue weighted by molar-refractivity contribution is -0.148. The second-order valence-electron chi connectivity index (χ2n) is 4.60. The van der Waals surface area contributed by atoms with E-state index in [9.17, 15) is 4.79 Å². The average Bonchev–Trinajstić information content (AvgIpc) is 2.42. The molecule has 1 amide bonds. The molecular formula is C14H20N2O2. The van der Waals surface area contributed by atoms with Gasteiger partial charge in [0.25, 0.3) is 0 Å². The van der Waals surface area contributed by atoms with Crippen molar-refractivity contribution < 1.29 is 9.53 Å². The van der Waals surface area contributed by atoms with Crippen LogP contribution in [0.2, 0.25) is 0 Å². The zero-order valence-electron chi connectivity index (χ0n) is 10.5. The van der Waals surface area contributed by atoms with Gasteiger partial charge in [-0.15, -0.1) is 0 Å². The van der Waals surface area contributed by atoms with Crippen LogP contribution < -0.4 is 5.73 Å². The minimum atomic E-state index is -0.000532. The largest absolute Gasteiger partial charge is 0.365 e. The van der Waals surface area contributed by atoms with Crippen LogP contribution >= 0.6 is 0 Å². The summed E-state index contributed by atoms with van der Waals surface area (Å²) >= 11 is 0. The van der Waals surface area contributed by atoms with Crippen LogP contribution in [-0.4, -0.2) is 43.2 Å². The predicted molar refractivity (Wildman–Crippen MR) is 70.1 cm³/mol. The fourth-order valence-corrected chi connectivity index (χ4v) is 2.16. The molecule has 1 saturated heterocycles. The summed E-state index contributed by atoms with van der Waals surface area (Å²) in [4.78, 5) is 13.5. The Bertz CT molecular complexity index is 381. The van der Waals surface area contributed by atoms with Gasteiger partial charge < -0.3 is 15.4 Å². The van der Waals surface area contributed by atoms with Crippen LogP contribution in [0.4, 0.5) is 0 Å². The number of morpholine rings is 1. The van der Waals surface area contributed by atoms with Gasteiger partial charge in [-0.2, -0.15) is 0 Å². The summed E-state index contributed by atoms with van der Waals surface area (Å²) in [5.74, 6) is 0.0766. The summed E-state index contributed by atoms with van der Waals surface area (Å²) in [6.07, 6.45) is 1.98. The van der Waals surface area contributed by atoms with Gasteiger partial charge in [0.2, 0.25) is 5.91 Å². The van der Waals surface area contributed by atoms with Crippen molar-refractivity contribution in [1.82, 2.24) is 4.90 Å². The molecule has 2 N–H and O–H groups in total. The molecule has 0 radical (unpaired) electrons. The molecule has 4 heteroatoms. The third-order valence-corrected chi connectivity index (χ3v) is 3.22. The van der Waals surface area contributed by atoms with E-state index in [-0.39, 0.29) is 18.6 Å². The summed E-state index contributed by atoms with van der Waals surface area (Å²) in [7, 11) is 0. The van der Waals surface area contributed by atoms with Gasteiger partial charge in [-0.3, -0.25) is 4.79 Å². The summed E-state index contributed by atoms with van der Waals surface area (Å²) in [6.45, 7) is 2.06. The van der Waals surface area contributed by atoms with Crippen LogP contribution in [0.15, 0.2) is 30.3 Å². The Morgan fingerprint density at radius 2 is 2.11 bits per heavy atom. The van der Waals surface area contributed by atoms with E-state index >= 15 is 0 Å². The first kappa shape index (κ1) is 13.1. The lowest BCUT2D eigenvalue weighted by Gasteiger charge is -2.32. The number of nitrogens with zero attached hydrogens (tertiary/aromatic N) is 1. The molecule has 1 atom stereocenters. The van der Waals surface area contributed by atoms with Crippen molar-refractivity contribution in [2.75, 3.05) is 26.2 Å². The highest BCUT2D eigenvalue weighted by Crippen LogP contribution is 2.08. The van der Waals surface area contributed by atoms with Gasteiger partial charge in [-0.25, -0.2) is 0 Å². The van der Waals surface area contributed by atoms with Gasteiger partial charge in [0.15, 0.2) is 0 Å². The molecule has 2 rings (SSSR count). The van der Waals surface area contributed by atoms with E-state index < -0.39 is 0 Å². The van der Waals surface area contributed by atoms with Crippen LogP contribution in [0.25, 0.3) is 0 Å². The molecule has 0 aliphatic carbocycles. The van der Waals surface area contributed by atoms with Gasteiger partial charge in [-0.05, 0) is 18.4 Å². The number of ether oxygens (including phenoxy) is 1. The van der Waals surface area contributed by atoms with Crippen molar-refractivity contribution >= 4 is 5.91 Å². The quantitative estimate of drug-likeness (QED) is 0.838. The molecule has 0 aromatic heterocycles. The van der Waals surface area contributed by atoms with Crippen molar-refractivity contribution in [1.29, 1.82) is 0 Å². The fraction of sp³-hybridized carbons (Fsp3) is 0.500. The number of rotatable bonds is 5. The van der Waals surface area contributed by atoms with E-state index in [0.717, 1.165) is 19.4 Å². The third-order valence-electron chi connectivity index (χ3n) is 3.22. The van der Waals surface area contributed by atoms with Crippen LogP contribution in [-0.2, 0) is 16.0 Å². The number of carbonyl (C=O) groups is 1. The van der Waals surface area contributed by atoms with Crippen molar-refractivity contribution in [2.45, 2.75) is 18.9 Å². The Morgan fingerprint density at radius 1 is 1.33 bits per heavy atom. The Morgan fingerprint density at radius 3 is 2.83 bits per heavy atom. The molecule has 1 aromatic carbocycles. The molecular weight excluding hydrogens is 228 g/mol. The van der Waals surface area contributed by atoms with E-state index in [1.165, 1.54) is 5.56 Å². The minimum Gasteiger partial charge on any atom is -0.365 e. The maximum Gasteiger partial charge on any atom is 0.248 e. The Kier molecular flexibility index (Phi) is 4.73. The van der Waals surface area contributed by atoms with Crippen molar-refractivity contribution in [2.24, 2.45) is 5.73 Å². The fourth-order valence-electron chi connectivity index (χ4n) is 2.16. The summed E-state index contributed by atoms with van der Waals surface area (Å²) in [5, 5.41) is 0. The predicted octanol–water partition coefficient (Wildman–Crippen LogP) is 0.805. The average molecular weight is 248 g/mol. The Labute approximate surface area is 108 Å². The summed E-state index contributed by atoms with van der Waals surface area (Å²) < 4.78 is 5.32. The van der Waals surface area contributed by atoms with Crippen molar-refractivity contribution in [3.63, 3.8) is 0 Å². The van der Waals surface area contributed by atoms with E-state index in [2.05, 4.69) is 12.1 Å². The highest BCUT2D eigenvalue weighted by molar-refractivity contribution is 5.78.